The highest BCUT2D eigenvalue weighted by Gasteiger charge is 2.12. The van der Waals surface area contributed by atoms with Crippen LogP contribution in [0.4, 0.5) is 5.69 Å². The molecule has 2 rings (SSSR count). The van der Waals surface area contributed by atoms with Gasteiger partial charge in [-0.3, -0.25) is 10.1 Å². The number of nitrogens with zero attached hydrogens (tertiary/aromatic N) is 1. The van der Waals surface area contributed by atoms with Crippen molar-refractivity contribution in [3.63, 3.8) is 0 Å². The smallest absolute Gasteiger partial charge is 0.335 e. The Morgan fingerprint density at radius 2 is 1.85 bits per heavy atom. The first-order valence-electron chi connectivity index (χ1n) is 5.69. The number of benzene rings is 2. The van der Waals surface area contributed by atoms with Crippen molar-refractivity contribution < 1.29 is 19.6 Å². The molecule has 2 aromatic carbocycles. The summed E-state index contributed by atoms with van der Waals surface area (Å²) in [6, 6.07) is 10.3. The van der Waals surface area contributed by atoms with Crippen molar-refractivity contribution in [3.05, 3.63) is 58.1 Å². The van der Waals surface area contributed by atoms with Crippen molar-refractivity contribution in [2.45, 2.75) is 0 Å². The molecule has 6 nitrogen and oxygen atoms in total. The predicted molar refractivity (Wildman–Crippen MR) is 72.0 cm³/mol. The molecule has 0 saturated heterocycles. The van der Waals surface area contributed by atoms with E-state index in [1.807, 2.05) is 0 Å². The van der Waals surface area contributed by atoms with Crippen LogP contribution in [-0.4, -0.2) is 23.1 Å². The van der Waals surface area contributed by atoms with Gasteiger partial charge in [0, 0.05) is 17.7 Å². The van der Waals surface area contributed by atoms with Crippen LogP contribution in [0, 0.1) is 10.1 Å². The lowest BCUT2D eigenvalue weighted by molar-refractivity contribution is -0.384. The van der Waals surface area contributed by atoms with Gasteiger partial charge >= 0.3 is 5.97 Å². The van der Waals surface area contributed by atoms with E-state index in [1.165, 1.54) is 31.4 Å². The standard InChI is InChI=1S/C14H11NO5/c1-20-13-7-4-10(14(16)17)8-12(13)9-2-5-11(6-3-9)15(18)19/h2-8H,1H3,(H,16,17). The van der Waals surface area contributed by atoms with Gasteiger partial charge in [0.15, 0.2) is 0 Å². The zero-order valence-corrected chi connectivity index (χ0v) is 10.6. The molecule has 0 amide bonds. The van der Waals surface area contributed by atoms with Crippen LogP contribution in [0.15, 0.2) is 42.5 Å². The molecule has 0 aliphatic carbocycles. The van der Waals surface area contributed by atoms with Crippen LogP contribution >= 0.6 is 0 Å². The summed E-state index contributed by atoms with van der Waals surface area (Å²) in [5, 5.41) is 19.6. The first-order chi connectivity index (χ1) is 9.52. The highest BCUT2D eigenvalue weighted by atomic mass is 16.6. The summed E-state index contributed by atoms with van der Waals surface area (Å²) in [7, 11) is 1.48. The molecule has 2 aromatic rings. The summed E-state index contributed by atoms with van der Waals surface area (Å²) < 4.78 is 5.19. The monoisotopic (exact) mass is 273 g/mol. The summed E-state index contributed by atoms with van der Waals surface area (Å²) in [4.78, 5) is 21.1. The molecule has 0 unspecified atom stereocenters. The van der Waals surface area contributed by atoms with Gasteiger partial charge in [-0.05, 0) is 35.9 Å². The molecule has 0 aliphatic rings. The SMILES string of the molecule is COc1ccc(C(=O)O)cc1-c1ccc([N+](=O)[O-])cc1. The number of carboxylic acid groups (broad SMARTS) is 1. The fourth-order valence-electron chi connectivity index (χ4n) is 1.83. The summed E-state index contributed by atoms with van der Waals surface area (Å²) in [5.74, 6) is -0.542. The van der Waals surface area contributed by atoms with Gasteiger partial charge in [-0.2, -0.15) is 0 Å². The van der Waals surface area contributed by atoms with Gasteiger partial charge in [-0.1, -0.05) is 0 Å². The molecule has 20 heavy (non-hydrogen) atoms. The molecule has 0 atom stereocenters. The lowest BCUT2D eigenvalue weighted by Gasteiger charge is -2.09. The predicted octanol–water partition coefficient (Wildman–Crippen LogP) is 2.97. The fraction of sp³-hybridized carbons (Fsp3) is 0.0714. The second kappa shape index (κ2) is 5.40. The van der Waals surface area contributed by atoms with E-state index in [1.54, 1.807) is 18.2 Å². The van der Waals surface area contributed by atoms with Gasteiger partial charge in [-0.25, -0.2) is 4.79 Å². The number of carboxylic acids is 1. The Morgan fingerprint density at radius 3 is 2.35 bits per heavy atom. The molecule has 0 heterocycles. The number of nitro groups is 1. The van der Waals surface area contributed by atoms with Crippen molar-refractivity contribution in [1.82, 2.24) is 0 Å². The van der Waals surface area contributed by atoms with Gasteiger partial charge in [0.2, 0.25) is 0 Å². The summed E-state index contributed by atoms with van der Waals surface area (Å²) in [5.41, 5.74) is 1.32. The van der Waals surface area contributed by atoms with Crippen molar-refractivity contribution >= 4 is 11.7 Å². The minimum absolute atomic E-state index is 0.0258. The third-order valence-corrected chi connectivity index (χ3v) is 2.84. The summed E-state index contributed by atoms with van der Waals surface area (Å²) in [6.45, 7) is 0. The van der Waals surface area contributed by atoms with E-state index in [2.05, 4.69) is 0 Å². The number of hydrogen-bond acceptors (Lipinski definition) is 4. The number of ether oxygens (including phenoxy) is 1. The quantitative estimate of drug-likeness (QED) is 0.683. The van der Waals surface area contributed by atoms with Crippen LogP contribution in [0.3, 0.4) is 0 Å². The maximum Gasteiger partial charge on any atom is 0.335 e. The van der Waals surface area contributed by atoms with E-state index in [0.717, 1.165) is 0 Å². The summed E-state index contributed by atoms with van der Waals surface area (Å²) in [6.07, 6.45) is 0. The highest BCUT2D eigenvalue weighted by Crippen LogP contribution is 2.32. The van der Waals surface area contributed by atoms with Crippen molar-refractivity contribution in [1.29, 1.82) is 0 Å². The van der Waals surface area contributed by atoms with Crippen LogP contribution < -0.4 is 4.74 Å². The number of non-ortho nitro benzene ring substituents is 1. The van der Waals surface area contributed by atoms with Crippen molar-refractivity contribution in [2.24, 2.45) is 0 Å². The van der Waals surface area contributed by atoms with Crippen molar-refractivity contribution in [3.8, 4) is 16.9 Å². The van der Waals surface area contributed by atoms with E-state index in [-0.39, 0.29) is 11.3 Å². The third-order valence-electron chi connectivity index (χ3n) is 2.84. The van der Waals surface area contributed by atoms with Gasteiger partial charge in [0.1, 0.15) is 5.75 Å². The molecule has 0 fully saturated rings. The number of carbonyl (C=O) groups is 1. The second-order valence-corrected chi connectivity index (χ2v) is 4.02. The average Bonchev–Trinajstić information content (AvgIpc) is 2.46. The number of nitro benzene ring substituents is 1. The molecule has 0 spiro atoms. The maximum absolute atomic E-state index is 11.0. The first-order valence-corrected chi connectivity index (χ1v) is 5.69. The van der Waals surface area contributed by atoms with Crippen LogP contribution in [0.5, 0.6) is 5.75 Å². The molecule has 0 saturated carbocycles. The molecule has 102 valence electrons. The molecular weight excluding hydrogens is 262 g/mol. The normalized spacial score (nSPS) is 10.1. The second-order valence-electron chi connectivity index (χ2n) is 4.02. The lowest BCUT2D eigenvalue weighted by Crippen LogP contribution is -1.98. The average molecular weight is 273 g/mol. The van der Waals surface area contributed by atoms with E-state index in [9.17, 15) is 14.9 Å². The first kappa shape index (κ1) is 13.5. The van der Waals surface area contributed by atoms with Gasteiger partial charge in [0.05, 0.1) is 17.6 Å². The lowest BCUT2D eigenvalue weighted by atomic mass is 10.0. The number of aromatic carboxylic acids is 1. The zero-order valence-electron chi connectivity index (χ0n) is 10.6. The molecular formula is C14H11NO5. The Hall–Kier alpha value is -2.89. The van der Waals surface area contributed by atoms with Crippen molar-refractivity contribution in [2.75, 3.05) is 7.11 Å². The Kier molecular flexibility index (Phi) is 3.65. The van der Waals surface area contributed by atoms with E-state index >= 15 is 0 Å². The van der Waals surface area contributed by atoms with Crippen LogP contribution in [0.1, 0.15) is 10.4 Å². The zero-order chi connectivity index (χ0) is 14.7. The van der Waals surface area contributed by atoms with Gasteiger partial charge < -0.3 is 9.84 Å². The molecule has 0 aliphatic heterocycles. The number of hydrogen-bond donors (Lipinski definition) is 1. The Bertz CT molecular complexity index is 664. The van der Waals surface area contributed by atoms with Gasteiger partial charge in [0.25, 0.3) is 5.69 Å². The molecule has 1 N–H and O–H groups in total. The largest absolute Gasteiger partial charge is 0.496 e. The van der Waals surface area contributed by atoms with Gasteiger partial charge in [-0.15, -0.1) is 0 Å². The molecule has 6 heteroatoms. The van der Waals surface area contributed by atoms with E-state index < -0.39 is 10.9 Å². The molecule has 0 aromatic heterocycles. The Labute approximate surface area is 114 Å². The van der Waals surface area contributed by atoms with E-state index in [0.29, 0.717) is 16.9 Å². The van der Waals surface area contributed by atoms with Crippen LogP contribution in [0.2, 0.25) is 0 Å². The molecule has 0 bridgehead atoms. The Morgan fingerprint density at radius 1 is 1.20 bits per heavy atom. The molecule has 0 radical (unpaired) electrons. The number of methoxy groups -OCH3 is 1. The Balaban J connectivity index is 2.52. The minimum Gasteiger partial charge on any atom is -0.496 e. The minimum atomic E-state index is -1.05. The number of rotatable bonds is 4. The maximum atomic E-state index is 11.0. The third kappa shape index (κ3) is 2.59. The fourth-order valence-corrected chi connectivity index (χ4v) is 1.83. The topological polar surface area (TPSA) is 89.7 Å². The highest BCUT2D eigenvalue weighted by molar-refractivity contribution is 5.90. The summed E-state index contributed by atoms with van der Waals surface area (Å²) >= 11 is 0. The van der Waals surface area contributed by atoms with E-state index in [4.69, 9.17) is 9.84 Å². The van der Waals surface area contributed by atoms with Crippen LogP contribution in [-0.2, 0) is 0 Å². The van der Waals surface area contributed by atoms with Crippen LogP contribution in [0.25, 0.3) is 11.1 Å².